The first-order valence-corrected chi connectivity index (χ1v) is 10.9. The van der Waals surface area contributed by atoms with Crippen molar-refractivity contribution in [2.24, 2.45) is 9.98 Å². The van der Waals surface area contributed by atoms with Crippen LogP contribution in [0.15, 0.2) is 57.2 Å². The molecule has 1 heterocycles. The molecule has 3 rings (SSSR count). The summed E-state index contributed by atoms with van der Waals surface area (Å²) in [6, 6.07) is 14.7. The Kier molecular flexibility index (Phi) is 9.20. The highest BCUT2D eigenvalue weighted by atomic mass is 16.5. The van der Waals surface area contributed by atoms with E-state index in [0.717, 1.165) is 17.0 Å². The van der Waals surface area contributed by atoms with Crippen LogP contribution in [0.5, 0.6) is 5.75 Å². The Bertz CT molecular complexity index is 1230. The summed E-state index contributed by atoms with van der Waals surface area (Å²) in [5.41, 5.74) is 9.12. The standard InChI is InChI=1S/C23H25N7O2.C2H6/c1-15(29(3)21-10-7-17(12-24)11-19(21)26-2)27-13-20-22(25)30(23(31)28-20)14-16-5-8-18(32-4)9-6-16;1-2/h5-11,13,15H,2,14,25H2,1,3-4H3,(H,28,31);1-2H3/b27-13-;. The number of benzene rings is 2. The van der Waals surface area contributed by atoms with Gasteiger partial charge in [-0.1, -0.05) is 26.0 Å². The van der Waals surface area contributed by atoms with E-state index in [4.69, 9.17) is 15.7 Å². The third-order valence-corrected chi connectivity index (χ3v) is 5.19. The van der Waals surface area contributed by atoms with E-state index in [9.17, 15) is 4.79 Å². The van der Waals surface area contributed by atoms with Gasteiger partial charge in [-0.05, 0) is 49.5 Å². The van der Waals surface area contributed by atoms with Crippen LogP contribution in [0.1, 0.15) is 37.6 Å². The van der Waals surface area contributed by atoms with Gasteiger partial charge in [0.15, 0.2) is 0 Å². The Labute approximate surface area is 199 Å². The third kappa shape index (κ3) is 5.92. The van der Waals surface area contributed by atoms with Crippen LogP contribution in [0.4, 0.5) is 17.2 Å². The van der Waals surface area contributed by atoms with Gasteiger partial charge in [0.05, 0.1) is 42.9 Å². The molecule has 0 spiro atoms. The van der Waals surface area contributed by atoms with Crippen LogP contribution in [0.25, 0.3) is 0 Å². The van der Waals surface area contributed by atoms with Gasteiger partial charge in [-0.2, -0.15) is 5.26 Å². The van der Waals surface area contributed by atoms with Gasteiger partial charge in [0.25, 0.3) is 0 Å². The zero-order valence-electron chi connectivity index (χ0n) is 20.2. The maximum Gasteiger partial charge on any atom is 0.327 e. The Balaban J connectivity index is 0.00000199. The zero-order chi connectivity index (χ0) is 25.3. The number of methoxy groups -OCH3 is 1. The second-order valence-corrected chi connectivity index (χ2v) is 7.16. The van der Waals surface area contributed by atoms with Crippen LogP contribution >= 0.6 is 0 Å². The molecule has 3 aromatic rings. The molecule has 0 aliphatic carbocycles. The minimum atomic E-state index is -0.314. The quantitative estimate of drug-likeness (QED) is 0.492. The first-order valence-electron chi connectivity index (χ1n) is 10.9. The van der Waals surface area contributed by atoms with Gasteiger partial charge < -0.3 is 20.4 Å². The minimum absolute atomic E-state index is 0.295. The van der Waals surface area contributed by atoms with Crippen molar-refractivity contribution in [3.05, 3.63) is 69.8 Å². The number of hydrogen-bond acceptors (Lipinski definition) is 7. The summed E-state index contributed by atoms with van der Waals surface area (Å²) in [6.07, 6.45) is 1.25. The lowest BCUT2D eigenvalue weighted by Crippen LogP contribution is -2.27. The molecule has 1 aromatic heterocycles. The number of nitrogens with two attached hydrogens (primary N) is 1. The maximum absolute atomic E-state index is 12.4. The van der Waals surface area contributed by atoms with Crippen molar-refractivity contribution in [2.75, 3.05) is 24.8 Å². The van der Waals surface area contributed by atoms with Crippen molar-refractivity contribution in [3.63, 3.8) is 0 Å². The zero-order valence-corrected chi connectivity index (χ0v) is 20.2. The molecule has 0 aliphatic heterocycles. The van der Waals surface area contributed by atoms with Gasteiger partial charge in [0, 0.05) is 7.05 Å². The highest BCUT2D eigenvalue weighted by molar-refractivity contribution is 5.83. The van der Waals surface area contributed by atoms with E-state index >= 15 is 0 Å². The number of aromatic nitrogens is 2. The van der Waals surface area contributed by atoms with E-state index < -0.39 is 0 Å². The molecule has 0 saturated carbocycles. The molecule has 1 atom stereocenters. The van der Waals surface area contributed by atoms with Crippen LogP contribution in [-0.4, -0.2) is 42.8 Å². The molecule has 0 fully saturated rings. The molecule has 0 radical (unpaired) electrons. The third-order valence-electron chi connectivity index (χ3n) is 5.19. The van der Waals surface area contributed by atoms with Gasteiger partial charge in [-0.25, -0.2) is 4.79 Å². The fourth-order valence-corrected chi connectivity index (χ4v) is 3.17. The van der Waals surface area contributed by atoms with Gasteiger partial charge in [-0.3, -0.25) is 14.6 Å². The molecule has 9 heteroatoms. The maximum atomic E-state index is 12.4. The largest absolute Gasteiger partial charge is 0.497 e. The number of imidazole rings is 1. The van der Waals surface area contributed by atoms with Crippen molar-refractivity contribution < 1.29 is 4.74 Å². The van der Waals surface area contributed by atoms with Crippen LogP contribution in [-0.2, 0) is 6.54 Å². The van der Waals surface area contributed by atoms with E-state index in [2.05, 4.69) is 27.8 Å². The summed E-state index contributed by atoms with van der Waals surface area (Å²) in [6.45, 7) is 9.80. The molecule has 0 aliphatic rings. The number of ether oxygens (including phenoxy) is 1. The predicted octanol–water partition coefficient (Wildman–Crippen LogP) is 3.95. The van der Waals surface area contributed by atoms with Crippen molar-refractivity contribution in [3.8, 4) is 11.8 Å². The topological polar surface area (TPSA) is 125 Å². The Morgan fingerprint density at radius 2 is 1.97 bits per heavy atom. The molecule has 2 aromatic carbocycles. The first kappa shape index (κ1) is 25.9. The summed E-state index contributed by atoms with van der Waals surface area (Å²) in [5, 5.41) is 9.08. The molecule has 0 bridgehead atoms. The number of nitrogens with one attached hydrogen (secondary N) is 1. The average molecular weight is 462 g/mol. The fraction of sp³-hybridized carbons (Fsp3) is 0.280. The monoisotopic (exact) mass is 461 g/mol. The summed E-state index contributed by atoms with van der Waals surface area (Å²) in [5.74, 6) is 1.04. The number of aliphatic imine (C=N–C) groups is 2. The van der Waals surface area contributed by atoms with Gasteiger partial charge in [-0.15, -0.1) is 0 Å². The smallest absolute Gasteiger partial charge is 0.327 e. The van der Waals surface area contributed by atoms with E-state index in [1.807, 2.05) is 57.0 Å². The summed E-state index contributed by atoms with van der Waals surface area (Å²) in [4.78, 5) is 25.6. The lowest BCUT2D eigenvalue weighted by atomic mass is 10.1. The van der Waals surface area contributed by atoms with E-state index in [1.54, 1.807) is 31.5 Å². The number of rotatable bonds is 8. The molecular formula is C25H31N7O2. The number of anilines is 2. The highest BCUT2D eigenvalue weighted by Crippen LogP contribution is 2.30. The Hall–Kier alpha value is -4.32. The fourth-order valence-electron chi connectivity index (χ4n) is 3.17. The Morgan fingerprint density at radius 3 is 2.56 bits per heavy atom. The Morgan fingerprint density at radius 1 is 1.29 bits per heavy atom. The lowest BCUT2D eigenvalue weighted by Gasteiger charge is -2.25. The molecule has 34 heavy (non-hydrogen) atoms. The first-order chi connectivity index (χ1) is 16.4. The number of H-pyrrole nitrogens is 1. The number of nitriles is 1. The van der Waals surface area contributed by atoms with Gasteiger partial charge >= 0.3 is 5.69 Å². The average Bonchev–Trinajstić information content (AvgIpc) is 3.15. The van der Waals surface area contributed by atoms with Crippen molar-refractivity contribution in [1.29, 1.82) is 5.26 Å². The molecule has 1 unspecified atom stereocenters. The van der Waals surface area contributed by atoms with E-state index in [1.165, 1.54) is 4.57 Å². The van der Waals surface area contributed by atoms with Gasteiger partial charge in [0.1, 0.15) is 23.4 Å². The number of nitrogen functional groups attached to an aromatic ring is 1. The molecular weight excluding hydrogens is 430 g/mol. The van der Waals surface area contributed by atoms with Crippen LogP contribution < -0.4 is 21.1 Å². The summed E-state index contributed by atoms with van der Waals surface area (Å²) < 4.78 is 6.61. The van der Waals surface area contributed by atoms with Crippen LogP contribution in [0.2, 0.25) is 0 Å². The SMILES string of the molecule is C=Nc1cc(C#N)ccc1N(C)C(C)/N=C\c1[nH]c(=O)n(Cc2ccc(OC)cc2)c1N.CC. The van der Waals surface area contributed by atoms with Gasteiger partial charge in [0.2, 0.25) is 0 Å². The number of hydrogen-bond donors (Lipinski definition) is 2. The molecule has 9 nitrogen and oxygen atoms in total. The molecule has 0 saturated heterocycles. The number of aromatic amines is 1. The van der Waals surface area contributed by atoms with Crippen LogP contribution in [0.3, 0.4) is 0 Å². The normalized spacial score (nSPS) is 11.3. The lowest BCUT2D eigenvalue weighted by molar-refractivity contribution is 0.414. The molecule has 3 N–H and O–H groups in total. The second-order valence-electron chi connectivity index (χ2n) is 7.16. The summed E-state index contributed by atoms with van der Waals surface area (Å²) in [7, 11) is 3.46. The van der Waals surface area contributed by atoms with Crippen molar-refractivity contribution >= 4 is 30.1 Å². The van der Waals surface area contributed by atoms with E-state index in [0.29, 0.717) is 29.3 Å². The van der Waals surface area contributed by atoms with Crippen LogP contribution in [0, 0.1) is 11.3 Å². The summed E-state index contributed by atoms with van der Waals surface area (Å²) >= 11 is 0. The van der Waals surface area contributed by atoms with Crippen molar-refractivity contribution in [1.82, 2.24) is 9.55 Å². The highest BCUT2D eigenvalue weighted by Gasteiger charge is 2.14. The predicted molar refractivity (Wildman–Crippen MR) is 139 cm³/mol. The second kappa shape index (κ2) is 12.1. The minimum Gasteiger partial charge on any atom is -0.497 e. The van der Waals surface area contributed by atoms with E-state index in [-0.39, 0.29) is 11.9 Å². The van der Waals surface area contributed by atoms with Crippen molar-refractivity contribution in [2.45, 2.75) is 33.5 Å². The number of nitrogens with zero attached hydrogens (tertiary/aromatic N) is 5. The molecule has 0 amide bonds. The molecule has 178 valence electrons.